The fourth-order valence-electron chi connectivity index (χ4n) is 2.00. The van der Waals surface area contributed by atoms with Crippen LogP contribution in [0.25, 0.3) is 0 Å². The van der Waals surface area contributed by atoms with Crippen molar-refractivity contribution in [3.05, 3.63) is 35.4 Å². The minimum atomic E-state index is -0.878. The van der Waals surface area contributed by atoms with Crippen LogP contribution in [0.2, 0.25) is 0 Å². The number of nitrogens with two attached hydrogens (primary N) is 1. The molecule has 0 radical (unpaired) electrons. The van der Waals surface area contributed by atoms with Crippen LogP contribution in [0.4, 0.5) is 0 Å². The standard InChI is InChI=1S/C14H18N2O3/c15-9-10-1-3-11(4-2-10)14(19)16(12-5-6-12)8-7-13(17)18/h1-4,12H,5-9,15H2,(H,17,18). The number of benzene rings is 1. The summed E-state index contributed by atoms with van der Waals surface area (Å²) in [6.07, 6.45) is 1.92. The lowest BCUT2D eigenvalue weighted by molar-refractivity contribution is -0.137. The van der Waals surface area contributed by atoms with E-state index in [-0.39, 0.29) is 24.9 Å². The van der Waals surface area contributed by atoms with Crippen molar-refractivity contribution < 1.29 is 14.7 Å². The minimum absolute atomic E-state index is 0.0108. The Balaban J connectivity index is 2.07. The molecule has 1 fully saturated rings. The van der Waals surface area contributed by atoms with Crippen LogP contribution in [-0.2, 0) is 11.3 Å². The highest BCUT2D eigenvalue weighted by Crippen LogP contribution is 2.28. The third kappa shape index (κ3) is 3.54. The van der Waals surface area contributed by atoms with Crippen molar-refractivity contribution in [2.45, 2.75) is 31.8 Å². The summed E-state index contributed by atoms with van der Waals surface area (Å²) >= 11 is 0. The molecule has 1 aliphatic carbocycles. The highest BCUT2D eigenvalue weighted by molar-refractivity contribution is 5.94. The summed E-state index contributed by atoms with van der Waals surface area (Å²) < 4.78 is 0. The maximum absolute atomic E-state index is 12.3. The molecule has 1 aliphatic rings. The van der Waals surface area contributed by atoms with Gasteiger partial charge in [0.2, 0.25) is 0 Å². The first kappa shape index (κ1) is 13.5. The normalized spacial score (nSPS) is 14.2. The number of hydrogen-bond donors (Lipinski definition) is 2. The van der Waals surface area contributed by atoms with Crippen LogP contribution in [0.1, 0.15) is 35.2 Å². The molecule has 0 aliphatic heterocycles. The van der Waals surface area contributed by atoms with Crippen molar-refractivity contribution in [3.8, 4) is 0 Å². The monoisotopic (exact) mass is 262 g/mol. The van der Waals surface area contributed by atoms with Crippen molar-refractivity contribution in [1.29, 1.82) is 0 Å². The van der Waals surface area contributed by atoms with Crippen molar-refractivity contribution >= 4 is 11.9 Å². The van der Waals surface area contributed by atoms with Crippen LogP contribution in [-0.4, -0.2) is 34.5 Å². The van der Waals surface area contributed by atoms with Gasteiger partial charge in [-0.1, -0.05) is 12.1 Å². The van der Waals surface area contributed by atoms with Gasteiger partial charge >= 0.3 is 5.97 Å². The van der Waals surface area contributed by atoms with E-state index in [1.165, 1.54) is 0 Å². The quantitative estimate of drug-likeness (QED) is 0.807. The van der Waals surface area contributed by atoms with E-state index in [0.29, 0.717) is 12.1 Å². The molecule has 2 rings (SSSR count). The Kier molecular flexibility index (Phi) is 4.16. The topological polar surface area (TPSA) is 83.6 Å². The average Bonchev–Trinajstić information content (AvgIpc) is 3.23. The summed E-state index contributed by atoms with van der Waals surface area (Å²) in [7, 11) is 0. The lowest BCUT2D eigenvalue weighted by Gasteiger charge is -2.21. The van der Waals surface area contributed by atoms with Crippen LogP contribution >= 0.6 is 0 Å². The molecule has 1 saturated carbocycles. The Labute approximate surface area is 112 Å². The van der Waals surface area contributed by atoms with Crippen LogP contribution in [0, 0.1) is 0 Å². The Morgan fingerprint density at radius 2 is 1.89 bits per heavy atom. The first-order valence-electron chi connectivity index (χ1n) is 6.43. The molecule has 0 spiro atoms. The molecular formula is C14H18N2O3. The molecule has 0 unspecified atom stereocenters. The van der Waals surface area contributed by atoms with Crippen molar-refractivity contribution in [3.63, 3.8) is 0 Å². The minimum Gasteiger partial charge on any atom is -0.481 e. The van der Waals surface area contributed by atoms with E-state index in [1.54, 1.807) is 17.0 Å². The molecule has 0 saturated heterocycles. The summed E-state index contributed by atoms with van der Waals surface area (Å²) in [6.45, 7) is 0.720. The second-order valence-electron chi connectivity index (χ2n) is 4.77. The fraction of sp³-hybridized carbons (Fsp3) is 0.429. The third-order valence-corrected chi connectivity index (χ3v) is 3.25. The van der Waals surface area contributed by atoms with Crippen LogP contribution in [0.15, 0.2) is 24.3 Å². The molecule has 5 nitrogen and oxygen atoms in total. The summed E-state index contributed by atoms with van der Waals surface area (Å²) in [6, 6.07) is 7.37. The Morgan fingerprint density at radius 1 is 1.26 bits per heavy atom. The highest BCUT2D eigenvalue weighted by atomic mass is 16.4. The average molecular weight is 262 g/mol. The van der Waals surface area contributed by atoms with Crippen molar-refractivity contribution in [2.75, 3.05) is 6.54 Å². The molecule has 0 bridgehead atoms. The van der Waals surface area contributed by atoms with E-state index in [1.807, 2.05) is 12.1 Å². The van der Waals surface area contributed by atoms with E-state index < -0.39 is 5.97 Å². The zero-order valence-electron chi connectivity index (χ0n) is 10.7. The Hall–Kier alpha value is -1.88. The van der Waals surface area contributed by atoms with E-state index in [9.17, 15) is 9.59 Å². The zero-order valence-corrected chi connectivity index (χ0v) is 10.7. The Morgan fingerprint density at radius 3 is 2.37 bits per heavy atom. The van der Waals surface area contributed by atoms with Gasteiger partial charge in [0.05, 0.1) is 6.42 Å². The zero-order chi connectivity index (χ0) is 13.8. The van der Waals surface area contributed by atoms with Crippen LogP contribution < -0.4 is 5.73 Å². The number of rotatable bonds is 6. The van der Waals surface area contributed by atoms with E-state index in [2.05, 4.69) is 0 Å². The van der Waals surface area contributed by atoms with E-state index in [0.717, 1.165) is 18.4 Å². The SMILES string of the molecule is NCc1ccc(C(=O)N(CCC(=O)O)C2CC2)cc1. The third-order valence-electron chi connectivity index (χ3n) is 3.25. The number of nitrogens with zero attached hydrogens (tertiary/aromatic N) is 1. The molecule has 3 N–H and O–H groups in total. The summed E-state index contributed by atoms with van der Waals surface area (Å²) in [5.74, 6) is -0.968. The lowest BCUT2D eigenvalue weighted by Crippen LogP contribution is -2.35. The maximum Gasteiger partial charge on any atom is 0.305 e. The predicted octanol–water partition coefficient (Wildman–Crippen LogP) is 1.22. The molecule has 0 aromatic heterocycles. The molecule has 19 heavy (non-hydrogen) atoms. The molecule has 1 aromatic carbocycles. The molecule has 1 aromatic rings. The van der Waals surface area contributed by atoms with Gasteiger partial charge in [-0.2, -0.15) is 0 Å². The van der Waals surface area contributed by atoms with Gasteiger partial charge in [-0.3, -0.25) is 9.59 Å². The lowest BCUT2D eigenvalue weighted by atomic mass is 10.1. The van der Waals surface area contributed by atoms with Crippen LogP contribution in [0.5, 0.6) is 0 Å². The van der Waals surface area contributed by atoms with E-state index >= 15 is 0 Å². The summed E-state index contributed by atoms with van der Waals surface area (Å²) in [4.78, 5) is 24.6. The van der Waals surface area contributed by atoms with Gasteiger partial charge < -0.3 is 15.7 Å². The molecule has 0 atom stereocenters. The highest BCUT2D eigenvalue weighted by Gasteiger charge is 2.33. The van der Waals surface area contributed by atoms with Gasteiger partial charge in [-0.05, 0) is 30.5 Å². The Bertz CT molecular complexity index is 466. The molecule has 1 amide bonds. The largest absolute Gasteiger partial charge is 0.481 e. The second-order valence-corrected chi connectivity index (χ2v) is 4.77. The van der Waals surface area contributed by atoms with Gasteiger partial charge in [0.15, 0.2) is 0 Å². The second kappa shape index (κ2) is 5.84. The number of carbonyl (C=O) groups excluding carboxylic acids is 1. The van der Waals surface area contributed by atoms with Gasteiger partial charge in [-0.25, -0.2) is 0 Å². The number of carbonyl (C=O) groups is 2. The number of carboxylic acids is 1. The van der Waals surface area contributed by atoms with Gasteiger partial charge in [-0.15, -0.1) is 0 Å². The van der Waals surface area contributed by atoms with Gasteiger partial charge in [0.25, 0.3) is 5.91 Å². The first-order chi connectivity index (χ1) is 9.11. The smallest absolute Gasteiger partial charge is 0.305 e. The molecule has 102 valence electrons. The predicted molar refractivity (Wildman–Crippen MR) is 70.6 cm³/mol. The first-order valence-corrected chi connectivity index (χ1v) is 6.43. The van der Waals surface area contributed by atoms with Gasteiger partial charge in [0, 0.05) is 24.7 Å². The van der Waals surface area contributed by atoms with E-state index in [4.69, 9.17) is 10.8 Å². The number of amides is 1. The maximum atomic E-state index is 12.3. The number of carboxylic acid groups (broad SMARTS) is 1. The van der Waals surface area contributed by atoms with Crippen LogP contribution in [0.3, 0.4) is 0 Å². The molecular weight excluding hydrogens is 244 g/mol. The van der Waals surface area contributed by atoms with Crippen molar-refractivity contribution in [1.82, 2.24) is 4.90 Å². The summed E-state index contributed by atoms with van der Waals surface area (Å²) in [5.41, 5.74) is 7.08. The molecule has 0 heterocycles. The fourth-order valence-corrected chi connectivity index (χ4v) is 2.00. The number of hydrogen-bond acceptors (Lipinski definition) is 3. The van der Waals surface area contributed by atoms with Gasteiger partial charge in [0.1, 0.15) is 0 Å². The van der Waals surface area contributed by atoms with Crippen molar-refractivity contribution in [2.24, 2.45) is 5.73 Å². The summed E-state index contributed by atoms with van der Waals surface area (Å²) in [5, 5.41) is 8.73. The number of aliphatic carboxylic acids is 1. The molecule has 5 heteroatoms.